The van der Waals surface area contributed by atoms with Crippen LogP contribution in [0.3, 0.4) is 0 Å². The second-order valence-corrected chi connectivity index (χ2v) is 8.00. The number of amides is 2. The van der Waals surface area contributed by atoms with Crippen molar-refractivity contribution in [3.05, 3.63) is 104 Å². The Balaban J connectivity index is 1.23. The minimum Gasteiger partial charge on any atom is -0.406 e. The third kappa shape index (κ3) is 5.95. The Labute approximate surface area is 214 Å². The van der Waals surface area contributed by atoms with Gasteiger partial charge in [0.15, 0.2) is 5.82 Å². The number of nitrogens with one attached hydrogen (secondary N) is 2. The van der Waals surface area contributed by atoms with Gasteiger partial charge in [-0.1, -0.05) is 24.3 Å². The van der Waals surface area contributed by atoms with Gasteiger partial charge in [0.25, 0.3) is 0 Å². The molecule has 0 aliphatic carbocycles. The first-order valence-corrected chi connectivity index (χ1v) is 11.3. The number of ether oxygens (including phenoxy) is 1. The molecular weight excluding hydrogens is 497 g/mol. The Bertz CT molecular complexity index is 1540. The van der Waals surface area contributed by atoms with Gasteiger partial charge in [-0.05, 0) is 60.7 Å². The molecule has 0 atom stereocenters. The normalized spacial score (nSPS) is 11.1. The molecule has 5 rings (SSSR count). The van der Waals surface area contributed by atoms with Crippen molar-refractivity contribution in [2.24, 2.45) is 0 Å². The summed E-state index contributed by atoms with van der Waals surface area (Å²) in [5.41, 5.74) is 4.13. The number of carbonyl (C=O) groups excluding carboxylic acids is 1. The Kier molecular flexibility index (Phi) is 6.72. The van der Waals surface area contributed by atoms with E-state index in [1.807, 2.05) is 36.4 Å². The highest BCUT2D eigenvalue weighted by Crippen LogP contribution is 2.28. The van der Waals surface area contributed by atoms with Gasteiger partial charge in [0, 0.05) is 34.8 Å². The average Bonchev–Trinajstić information content (AvgIpc) is 3.40. The summed E-state index contributed by atoms with van der Waals surface area (Å²) >= 11 is 0. The Morgan fingerprint density at radius 1 is 0.842 bits per heavy atom. The van der Waals surface area contributed by atoms with Gasteiger partial charge in [-0.3, -0.25) is 4.98 Å². The van der Waals surface area contributed by atoms with Crippen LogP contribution in [-0.2, 0) is 0 Å². The van der Waals surface area contributed by atoms with Crippen molar-refractivity contribution in [2.75, 3.05) is 10.6 Å². The van der Waals surface area contributed by atoms with E-state index in [1.165, 1.54) is 35.3 Å². The molecule has 0 spiro atoms. The number of para-hydroxylation sites is 1. The fraction of sp³-hybridized carbons (Fsp3) is 0.0370. The lowest BCUT2D eigenvalue weighted by molar-refractivity contribution is -0.274. The third-order valence-electron chi connectivity index (χ3n) is 5.38. The molecule has 2 aromatic heterocycles. The van der Waals surface area contributed by atoms with Gasteiger partial charge in [0.2, 0.25) is 0 Å². The van der Waals surface area contributed by atoms with Crippen molar-refractivity contribution >= 4 is 17.4 Å². The molecule has 11 heteroatoms. The minimum atomic E-state index is -4.76. The minimum absolute atomic E-state index is 0.325. The van der Waals surface area contributed by atoms with Crippen LogP contribution in [0.5, 0.6) is 5.75 Å². The molecule has 38 heavy (non-hydrogen) atoms. The van der Waals surface area contributed by atoms with Gasteiger partial charge in [0.1, 0.15) is 12.1 Å². The maximum absolute atomic E-state index is 12.6. The number of anilines is 2. The second-order valence-electron chi connectivity index (χ2n) is 8.00. The number of nitrogens with zero attached hydrogens (tertiary/aromatic N) is 4. The van der Waals surface area contributed by atoms with Crippen LogP contribution in [0.1, 0.15) is 0 Å². The second kappa shape index (κ2) is 10.4. The van der Waals surface area contributed by atoms with Gasteiger partial charge >= 0.3 is 12.4 Å². The van der Waals surface area contributed by atoms with Crippen molar-refractivity contribution in [1.82, 2.24) is 19.7 Å². The monoisotopic (exact) mass is 516 g/mol. The number of halogens is 3. The fourth-order valence-corrected chi connectivity index (χ4v) is 3.67. The smallest absolute Gasteiger partial charge is 0.406 e. The topological polar surface area (TPSA) is 94.0 Å². The first-order chi connectivity index (χ1) is 18.3. The van der Waals surface area contributed by atoms with Gasteiger partial charge < -0.3 is 15.4 Å². The Hall–Kier alpha value is -5.19. The lowest BCUT2D eigenvalue weighted by Crippen LogP contribution is -2.19. The van der Waals surface area contributed by atoms with Crippen molar-refractivity contribution in [2.45, 2.75) is 6.36 Å². The molecule has 0 unspecified atom stereocenters. The van der Waals surface area contributed by atoms with Crippen LogP contribution in [0, 0.1) is 0 Å². The van der Waals surface area contributed by atoms with Gasteiger partial charge in [-0.25, -0.2) is 14.5 Å². The fourth-order valence-electron chi connectivity index (χ4n) is 3.67. The van der Waals surface area contributed by atoms with Crippen LogP contribution in [0.4, 0.5) is 29.3 Å². The standard InChI is InChI=1S/C27H19F3N6O2/c28-27(29,30)38-22-13-11-21(12-14-22)36-17-32-25(35-36)18-7-9-20(10-8-18)33-26(37)34-24-6-2-1-5-23(24)19-4-3-15-31-16-19/h1-17H,(H2,33,34,37). The summed E-state index contributed by atoms with van der Waals surface area (Å²) in [5.74, 6) is 0.0799. The van der Waals surface area contributed by atoms with Crippen LogP contribution in [0.15, 0.2) is 104 Å². The molecule has 0 radical (unpaired) electrons. The molecule has 190 valence electrons. The summed E-state index contributed by atoms with van der Waals surface area (Å²) in [4.78, 5) is 21.0. The number of rotatable bonds is 6. The molecule has 2 amide bonds. The van der Waals surface area contributed by atoms with Crippen LogP contribution in [0.25, 0.3) is 28.2 Å². The van der Waals surface area contributed by atoms with E-state index >= 15 is 0 Å². The zero-order valence-corrected chi connectivity index (χ0v) is 19.6. The summed E-state index contributed by atoms with van der Waals surface area (Å²) in [7, 11) is 0. The van der Waals surface area contributed by atoms with Crippen LogP contribution >= 0.6 is 0 Å². The summed E-state index contributed by atoms with van der Waals surface area (Å²) in [6.45, 7) is 0. The number of benzene rings is 3. The van der Waals surface area contributed by atoms with Crippen LogP contribution in [0.2, 0.25) is 0 Å². The zero-order valence-electron chi connectivity index (χ0n) is 19.6. The van der Waals surface area contributed by atoms with E-state index in [-0.39, 0.29) is 5.75 Å². The van der Waals surface area contributed by atoms with Crippen LogP contribution < -0.4 is 15.4 Å². The number of pyridine rings is 1. The average molecular weight is 516 g/mol. The van der Waals surface area contributed by atoms with E-state index in [1.54, 1.807) is 36.7 Å². The number of alkyl halides is 3. The molecule has 8 nitrogen and oxygen atoms in total. The third-order valence-corrected chi connectivity index (χ3v) is 5.38. The van der Waals surface area contributed by atoms with Crippen molar-refractivity contribution in [3.8, 4) is 34.0 Å². The Morgan fingerprint density at radius 2 is 1.61 bits per heavy atom. The van der Waals surface area contributed by atoms with E-state index in [2.05, 4.69) is 30.4 Å². The van der Waals surface area contributed by atoms with Gasteiger partial charge in [-0.2, -0.15) is 0 Å². The number of urea groups is 1. The van der Waals surface area contributed by atoms with E-state index in [9.17, 15) is 18.0 Å². The molecule has 5 aromatic rings. The maximum Gasteiger partial charge on any atom is 0.573 e. The molecule has 0 saturated carbocycles. The van der Waals surface area contributed by atoms with Gasteiger partial charge in [0.05, 0.1) is 11.4 Å². The number of carbonyl (C=O) groups is 1. The maximum atomic E-state index is 12.6. The highest BCUT2D eigenvalue weighted by atomic mass is 19.4. The van der Waals surface area contributed by atoms with Crippen molar-refractivity contribution in [1.29, 1.82) is 0 Å². The first-order valence-electron chi connectivity index (χ1n) is 11.3. The first kappa shape index (κ1) is 24.5. The lowest BCUT2D eigenvalue weighted by atomic mass is 10.1. The van der Waals surface area contributed by atoms with E-state index in [0.717, 1.165) is 11.1 Å². The Morgan fingerprint density at radius 3 is 2.32 bits per heavy atom. The largest absolute Gasteiger partial charge is 0.573 e. The zero-order chi connectivity index (χ0) is 26.5. The number of hydrogen-bond acceptors (Lipinski definition) is 5. The predicted molar refractivity (Wildman–Crippen MR) is 136 cm³/mol. The van der Waals surface area contributed by atoms with Crippen molar-refractivity contribution < 1.29 is 22.7 Å². The van der Waals surface area contributed by atoms with E-state index in [0.29, 0.717) is 28.5 Å². The SMILES string of the molecule is O=C(Nc1ccc(-c2ncn(-c3ccc(OC(F)(F)F)cc3)n2)cc1)Nc1ccccc1-c1cccnc1. The molecule has 0 aliphatic heterocycles. The van der Waals surface area contributed by atoms with Crippen molar-refractivity contribution in [3.63, 3.8) is 0 Å². The summed E-state index contributed by atoms with van der Waals surface area (Å²) < 4.78 is 42.4. The quantitative estimate of drug-likeness (QED) is 0.267. The molecular formula is C27H19F3N6O2. The number of aromatic nitrogens is 4. The summed E-state index contributed by atoms with van der Waals surface area (Å²) in [6, 6.07) is 23.0. The van der Waals surface area contributed by atoms with E-state index < -0.39 is 12.4 Å². The molecule has 0 saturated heterocycles. The molecule has 0 bridgehead atoms. The lowest BCUT2D eigenvalue weighted by Gasteiger charge is -2.12. The summed E-state index contributed by atoms with van der Waals surface area (Å²) in [5, 5.41) is 10.0. The van der Waals surface area contributed by atoms with Crippen LogP contribution in [-0.4, -0.2) is 32.1 Å². The highest BCUT2D eigenvalue weighted by molar-refractivity contribution is 6.02. The molecule has 0 aliphatic rings. The summed E-state index contributed by atoms with van der Waals surface area (Å²) in [6.07, 6.45) is 0.108. The molecule has 3 aromatic carbocycles. The predicted octanol–water partition coefficient (Wildman–Crippen LogP) is 6.54. The van der Waals surface area contributed by atoms with E-state index in [4.69, 9.17) is 0 Å². The molecule has 0 fully saturated rings. The highest BCUT2D eigenvalue weighted by Gasteiger charge is 2.31. The molecule has 2 heterocycles. The van der Waals surface area contributed by atoms with Gasteiger partial charge in [-0.15, -0.1) is 18.3 Å². The molecule has 2 N–H and O–H groups in total. The number of hydrogen-bond donors (Lipinski definition) is 2.